The van der Waals surface area contributed by atoms with Gasteiger partial charge in [0, 0.05) is 22.3 Å². The second kappa shape index (κ2) is 6.34. The summed E-state index contributed by atoms with van der Waals surface area (Å²) in [6, 6.07) is 10.4. The van der Waals surface area contributed by atoms with Crippen molar-refractivity contribution in [2.45, 2.75) is 0 Å². The van der Waals surface area contributed by atoms with Crippen LogP contribution in [0.2, 0.25) is 0 Å². The first kappa shape index (κ1) is 14.3. The van der Waals surface area contributed by atoms with Crippen LogP contribution in [0.15, 0.2) is 53.1 Å². The summed E-state index contributed by atoms with van der Waals surface area (Å²) < 4.78 is 5.71. The fourth-order valence-electron chi connectivity index (χ4n) is 1.66. The number of aromatic nitrogens is 1. The molecule has 20 heavy (non-hydrogen) atoms. The fourth-order valence-corrected chi connectivity index (χ4v) is 1.99. The van der Waals surface area contributed by atoms with E-state index in [-0.39, 0.29) is 23.0 Å². The van der Waals surface area contributed by atoms with E-state index in [4.69, 9.17) is 4.74 Å². The number of hydrogen-bond donors (Lipinski definition) is 1. The van der Waals surface area contributed by atoms with E-state index >= 15 is 0 Å². The van der Waals surface area contributed by atoms with Crippen molar-refractivity contribution in [3.8, 4) is 5.88 Å². The zero-order valence-electron chi connectivity index (χ0n) is 10.7. The lowest BCUT2D eigenvalue weighted by molar-refractivity contribution is 0.104. The smallest absolute Gasteiger partial charge is 0.224 e. The number of halogens is 1. The standard InChI is InChI=1S/C15H12BrNO3/c1-20-15-12(7-11(16)9-17-15)14(19)8-13(18)10-5-3-2-4-6-10/h2-9,18H,1H3/b13-8-. The van der Waals surface area contributed by atoms with Crippen LogP contribution in [0.1, 0.15) is 15.9 Å². The molecule has 2 aromatic rings. The predicted molar refractivity (Wildman–Crippen MR) is 79.9 cm³/mol. The number of aliphatic hydroxyl groups is 1. The van der Waals surface area contributed by atoms with Gasteiger partial charge in [-0.15, -0.1) is 0 Å². The number of pyridine rings is 1. The monoisotopic (exact) mass is 333 g/mol. The molecule has 102 valence electrons. The van der Waals surface area contributed by atoms with E-state index in [0.717, 1.165) is 6.08 Å². The summed E-state index contributed by atoms with van der Waals surface area (Å²) in [7, 11) is 1.44. The number of hydrogen-bond acceptors (Lipinski definition) is 4. The maximum Gasteiger partial charge on any atom is 0.224 e. The summed E-state index contributed by atoms with van der Waals surface area (Å²) in [5.74, 6) is -0.259. The highest BCUT2D eigenvalue weighted by atomic mass is 79.9. The minimum absolute atomic E-state index is 0.0994. The SMILES string of the molecule is COc1ncc(Br)cc1C(=O)/C=C(\O)c1ccccc1. The molecule has 0 aliphatic carbocycles. The van der Waals surface area contributed by atoms with Gasteiger partial charge in [-0.3, -0.25) is 4.79 Å². The van der Waals surface area contributed by atoms with Crippen LogP contribution in [0.3, 0.4) is 0 Å². The number of rotatable bonds is 4. The zero-order chi connectivity index (χ0) is 14.5. The van der Waals surface area contributed by atoms with E-state index in [0.29, 0.717) is 10.0 Å². The van der Waals surface area contributed by atoms with E-state index in [2.05, 4.69) is 20.9 Å². The van der Waals surface area contributed by atoms with Gasteiger partial charge < -0.3 is 9.84 Å². The van der Waals surface area contributed by atoms with Crippen molar-refractivity contribution in [3.63, 3.8) is 0 Å². The molecule has 4 nitrogen and oxygen atoms in total. The van der Waals surface area contributed by atoms with Gasteiger partial charge in [0.15, 0.2) is 5.78 Å². The molecule has 5 heteroatoms. The minimum Gasteiger partial charge on any atom is -0.507 e. The molecule has 0 aliphatic rings. The van der Waals surface area contributed by atoms with Crippen LogP contribution in [0.5, 0.6) is 5.88 Å². The lowest BCUT2D eigenvalue weighted by Crippen LogP contribution is -2.02. The quantitative estimate of drug-likeness (QED) is 0.527. The van der Waals surface area contributed by atoms with Crippen molar-refractivity contribution in [2.24, 2.45) is 0 Å². The molecular formula is C15H12BrNO3. The van der Waals surface area contributed by atoms with Crippen molar-refractivity contribution >= 4 is 27.5 Å². The maximum absolute atomic E-state index is 12.2. The highest BCUT2D eigenvalue weighted by Gasteiger charge is 2.13. The summed E-state index contributed by atoms with van der Waals surface area (Å²) in [6.45, 7) is 0. The van der Waals surface area contributed by atoms with Gasteiger partial charge in [-0.05, 0) is 22.0 Å². The minimum atomic E-state index is -0.378. The van der Waals surface area contributed by atoms with Gasteiger partial charge in [-0.2, -0.15) is 0 Å². The van der Waals surface area contributed by atoms with Crippen molar-refractivity contribution < 1.29 is 14.6 Å². The number of carbonyl (C=O) groups is 1. The molecular weight excluding hydrogens is 322 g/mol. The molecule has 1 aromatic heterocycles. The average molecular weight is 334 g/mol. The molecule has 1 heterocycles. The molecule has 0 unspecified atom stereocenters. The second-order valence-electron chi connectivity index (χ2n) is 3.97. The van der Waals surface area contributed by atoms with Gasteiger partial charge in [-0.1, -0.05) is 30.3 Å². The maximum atomic E-state index is 12.2. The van der Waals surface area contributed by atoms with Crippen LogP contribution in [0, 0.1) is 0 Å². The third kappa shape index (κ3) is 3.24. The molecule has 0 saturated carbocycles. The first-order chi connectivity index (χ1) is 9.61. The molecule has 0 spiro atoms. The Balaban J connectivity index is 2.35. The molecule has 0 saturated heterocycles. The van der Waals surface area contributed by atoms with E-state index in [9.17, 15) is 9.90 Å². The Hall–Kier alpha value is -2.14. The summed E-state index contributed by atoms with van der Waals surface area (Å²) in [4.78, 5) is 16.2. The van der Waals surface area contributed by atoms with E-state index < -0.39 is 0 Å². The number of benzene rings is 1. The van der Waals surface area contributed by atoms with Crippen molar-refractivity contribution in [3.05, 3.63) is 64.3 Å². The van der Waals surface area contributed by atoms with Crippen molar-refractivity contribution in [1.82, 2.24) is 4.98 Å². The molecule has 0 fully saturated rings. The Morgan fingerprint density at radius 3 is 2.70 bits per heavy atom. The Morgan fingerprint density at radius 1 is 1.35 bits per heavy atom. The molecule has 0 bridgehead atoms. The van der Waals surface area contributed by atoms with Crippen LogP contribution >= 0.6 is 15.9 Å². The molecule has 0 atom stereocenters. The van der Waals surface area contributed by atoms with Gasteiger partial charge in [-0.25, -0.2) is 4.98 Å². The Morgan fingerprint density at radius 2 is 2.05 bits per heavy atom. The zero-order valence-corrected chi connectivity index (χ0v) is 12.3. The molecule has 2 rings (SSSR count). The third-order valence-corrected chi connectivity index (χ3v) is 3.05. The highest BCUT2D eigenvalue weighted by molar-refractivity contribution is 9.10. The number of allylic oxidation sites excluding steroid dienone is 1. The first-order valence-electron chi connectivity index (χ1n) is 5.81. The van der Waals surface area contributed by atoms with Crippen molar-refractivity contribution in [2.75, 3.05) is 7.11 Å². The summed E-state index contributed by atoms with van der Waals surface area (Å²) in [6.07, 6.45) is 2.69. The molecule has 1 aromatic carbocycles. The van der Waals surface area contributed by atoms with Crippen LogP contribution in [-0.4, -0.2) is 23.0 Å². The van der Waals surface area contributed by atoms with Crippen LogP contribution in [0.25, 0.3) is 5.76 Å². The lowest BCUT2D eigenvalue weighted by Gasteiger charge is -2.05. The summed E-state index contributed by atoms with van der Waals surface area (Å²) >= 11 is 3.25. The molecule has 0 aliphatic heterocycles. The number of carbonyl (C=O) groups excluding carboxylic acids is 1. The Kier molecular flexibility index (Phi) is 4.53. The van der Waals surface area contributed by atoms with Crippen LogP contribution in [0.4, 0.5) is 0 Å². The van der Waals surface area contributed by atoms with Crippen molar-refractivity contribution in [1.29, 1.82) is 0 Å². The largest absolute Gasteiger partial charge is 0.507 e. The summed E-state index contributed by atoms with van der Waals surface area (Å²) in [5, 5.41) is 9.95. The first-order valence-corrected chi connectivity index (χ1v) is 6.61. The number of ketones is 1. The summed E-state index contributed by atoms with van der Waals surface area (Å²) in [5.41, 5.74) is 0.854. The number of nitrogens with zero attached hydrogens (tertiary/aromatic N) is 1. The third-order valence-electron chi connectivity index (χ3n) is 2.61. The van der Waals surface area contributed by atoms with E-state index in [1.165, 1.54) is 13.3 Å². The second-order valence-corrected chi connectivity index (χ2v) is 4.89. The van der Waals surface area contributed by atoms with Gasteiger partial charge in [0.2, 0.25) is 5.88 Å². The van der Waals surface area contributed by atoms with E-state index in [1.54, 1.807) is 30.3 Å². The normalized spacial score (nSPS) is 11.2. The van der Waals surface area contributed by atoms with Crippen LogP contribution in [-0.2, 0) is 0 Å². The van der Waals surface area contributed by atoms with Gasteiger partial charge >= 0.3 is 0 Å². The Bertz CT molecular complexity index is 653. The van der Waals surface area contributed by atoms with Gasteiger partial charge in [0.1, 0.15) is 5.76 Å². The van der Waals surface area contributed by atoms with Crippen LogP contribution < -0.4 is 4.74 Å². The lowest BCUT2D eigenvalue weighted by atomic mass is 10.1. The molecule has 0 radical (unpaired) electrons. The molecule has 1 N–H and O–H groups in total. The predicted octanol–water partition coefficient (Wildman–Crippen LogP) is 3.63. The van der Waals surface area contributed by atoms with Gasteiger partial charge in [0.25, 0.3) is 0 Å². The Labute approximate surface area is 124 Å². The molecule has 0 amide bonds. The van der Waals surface area contributed by atoms with E-state index in [1.807, 2.05) is 6.07 Å². The highest BCUT2D eigenvalue weighted by Crippen LogP contribution is 2.22. The topological polar surface area (TPSA) is 59.4 Å². The number of aliphatic hydroxyl groups excluding tert-OH is 1. The number of ether oxygens (including phenoxy) is 1. The average Bonchev–Trinajstić information content (AvgIpc) is 2.48. The fraction of sp³-hybridized carbons (Fsp3) is 0.0667. The van der Waals surface area contributed by atoms with Gasteiger partial charge in [0.05, 0.1) is 12.7 Å². The number of methoxy groups -OCH3 is 1.